The summed E-state index contributed by atoms with van der Waals surface area (Å²) in [6.07, 6.45) is 0. The van der Waals surface area contributed by atoms with Crippen molar-refractivity contribution in [2.75, 3.05) is 7.11 Å². The molecule has 0 spiro atoms. The SMILES string of the molecule is COc1ccc(C)c2c(Cl)nc(-c3ccccc3Cl)nc12. The minimum atomic E-state index is 0.395. The van der Waals surface area contributed by atoms with Crippen molar-refractivity contribution in [1.82, 2.24) is 9.97 Å². The molecule has 0 amide bonds. The number of aryl methyl sites for hydroxylation is 1. The van der Waals surface area contributed by atoms with Crippen LogP contribution in [0, 0.1) is 6.92 Å². The van der Waals surface area contributed by atoms with Crippen molar-refractivity contribution in [3.05, 3.63) is 52.1 Å². The lowest BCUT2D eigenvalue weighted by Crippen LogP contribution is -1.96. The van der Waals surface area contributed by atoms with E-state index in [2.05, 4.69) is 9.97 Å². The first-order valence-corrected chi connectivity index (χ1v) is 7.13. The zero-order valence-corrected chi connectivity index (χ0v) is 13.0. The van der Waals surface area contributed by atoms with Crippen LogP contribution < -0.4 is 4.74 Å². The molecular weight excluding hydrogens is 307 g/mol. The Hall–Kier alpha value is -1.84. The van der Waals surface area contributed by atoms with Gasteiger partial charge in [0.05, 0.1) is 12.1 Å². The molecule has 0 saturated carbocycles. The van der Waals surface area contributed by atoms with Crippen molar-refractivity contribution in [1.29, 1.82) is 0 Å². The molecule has 1 aromatic heterocycles. The van der Waals surface area contributed by atoms with E-state index in [0.29, 0.717) is 27.3 Å². The first-order valence-electron chi connectivity index (χ1n) is 6.37. The molecule has 0 N–H and O–H groups in total. The summed E-state index contributed by atoms with van der Waals surface area (Å²) in [7, 11) is 1.61. The molecule has 106 valence electrons. The molecule has 0 bridgehead atoms. The third-order valence-corrected chi connectivity index (χ3v) is 3.92. The lowest BCUT2D eigenvalue weighted by Gasteiger charge is -2.11. The zero-order chi connectivity index (χ0) is 15.0. The molecule has 0 fully saturated rings. The van der Waals surface area contributed by atoms with Crippen LogP contribution in [0.1, 0.15) is 5.56 Å². The predicted molar refractivity (Wildman–Crippen MR) is 86.3 cm³/mol. The lowest BCUT2D eigenvalue weighted by molar-refractivity contribution is 0.419. The molecule has 0 atom stereocenters. The highest BCUT2D eigenvalue weighted by Crippen LogP contribution is 2.34. The summed E-state index contributed by atoms with van der Waals surface area (Å²) in [5.74, 6) is 1.15. The molecule has 3 rings (SSSR count). The highest BCUT2D eigenvalue weighted by molar-refractivity contribution is 6.35. The van der Waals surface area contributed by atoms with Gasteiger partial charge in [0.1, 0.15) is 16.4 Å². The highest BCUT2D eigenvalue weighted by Gasteiger charge is 2.15. The van der Waals surface area contributed by atoms with Crippen molar-refractivity contribution in [2.24, 2.45) is 0 Å². The first kappa shape index (κ1) is 14.1. The maximum absolute atomic E-state index is 6.35. The molecular formula is C16H12Cl2N2O. The number of benzene rings is 2. The van der Waals surface area contributed by atoms with Crippen LogP contribution in [0.25, 0.3) is 22.3 Å². The maximum Gasteiger partial charge on any atom is 0.163 e. The van der Waals surface area contributed by atoms with E-state index in [-0.39, 0.29) is 0 Å². The third-order valence-electron chi connectivity index (χ3n) is 3.31. The molecule has 1 heterocycles. The number of ether oxygens (including phenoxy) is 1. The molecule has 5 heteroatoms. The Labute approximate surface area is 132 Å². The number of aromatic nitrogens is 2. The smallest absolute Gasteiger partial charge is 0.163 e. The summed E-state index contributed by atoms with van der Waals surface area (Å²) in [6, 6.07) is 11.2. The van der Waals surface area contributed by atoms with Crippen LogP contribution in [0.5, 0.6) is 5.75 Å². The number of hydrogen-bond donors (Lipinski definition) is 0. The van der Waals surface area contributed by atoms with E-state index in [1.54, 1.807) is 13.2 Å². The van der Waals surface area contributed by atoms with Crippen molar-refractivity contribution in [2.45, 2.75) is 6.92 Å². The fourth-order valence-electron chi connectivity index (χ4n) is 2.25. The second kappa shape index (κ2) is 5.51. The molecule has 3 nitrogen and oxygen atoms in total. The summed E-state index contributed by atoms with van der Waals surface area (Å²) in [4.78, 5) is 8.98. The van der Waals surface area contributed by atoms with Gasteiger partial charge in [-0.2, -0.15) is 0 Å². The average molecular weight is 319 g/mol. The minimum absolute atomic E-state index is 0.395. The summed E-state index contributed by atoms with van der Waals surface area (Å²) in [5.41, 5.74) is 2.43. The Balaban J connectivity index is 2.35. The predicted octanol–water partition coefficient (Wildman–Crippen LogP) is 4.92. The van der Waals surface area contributed by atoms with Gasteiger partial charge in [-0.25, -0.2) is 9.97 Å². The fourth-order valence-corrected chi connectivity index (χ4v) is 2.79. The van der Waals surface area contributed by atoms with Crippen LogP contribution in [0.15, 0.2) is 36.4 Å². The van der Waals surface area contributed by atoms with Crippen LogP contribution in [0.2, 0.25) is 10.2 Å². The van der Waals surface area contributed by atoms with Gasteiger partial charge >= 0.3 is 0 Å². The fraction of sp³-hybridized carbons (Fsp3) is 0.125. The van der Waals surface area contributed by atoms with Gasteiger partial charge < -0.3 is 4.74 Å². The number of hydrogen-bond acceptors (Lipinski definition) is 3. The normalized spacial score (nSPS) is 10.9. The second-order valence-corrected chi connectivity index (χ2v) is 5.39. The molecule has 0 aliphatic carbocycles. The van der Waals surface area contributed by atoms with E-state index < -0.39 is 0 Å². The Bertz CT molecular complexity index is 834. The number of nitrogens with zero attached hydrogens (tertiary/aromatic N) is 2. The number of methoxy groups -OCH3 is 1. The van der Waals surface area contributed by atoms with Crippen LogP contribution in [-0.4, -0.2) is 17.1 Å². The standard InChI is InChI=1S/C16H12Cl2N2O/c1-9-7-8-12(21-2)14-13(9)15(18)20-16(19-14)10-5-3-4-6-11(10)17/h3-8H,1-2H3. The lowest BCUT2D eigenvalue weighted by atomic mass is 10.1. The third kappa shape index (κ3) is 2.43. The van der Waals surface area contributed by atoms with Crippen molar-refractivity contribution in [3.8, 4) is 17.1 Å². The highest BCUT2D eigenvalue weighted by atomic mass is 35.5. The molecule has 0 radical (unpaired) electrons. The summed E-state index contributed by atoms with van der Waals surface area (Å²) < 4.78 is 5.38. The van der Waals surface area contributed by atoms with E-state index >= 15 is 0 Å². The molecule has 0 aliphatic heterocycles. The first-order chi connectivity index (χ1) is 10.1. The van der Waals surface area contributed by atoms with E-state index in [4.69, 9.17) is 27.9 Å². The van der Waals surface area contributed by atoms with Crippen molar-refractivity contribution >= 4 is 34.1 Å². The number of fused-ring (bicyclic) bond motifs is 1. The summed E-state index contributed by atoms with van der Waals surface area (Å²) in [6.45, 7) is 1.96. The topological polar surface area (TPSA) is 35.0 Å². The van der Waals surface area contributed by atoms with Gasteiger partial charge in [0.2, 0.25) is 0 Å². The minimum Gasteiger partial charge on any atom is -0.494 e. The van der Waals surface area contributed by atoms with Gasteiger partial charge in [-0.15, -0.1) is 0 Å². The van der Waals surface area contributed by atoms with Crippen molar-refractivity contribution < 1.29 is 4.74 Å². The van der Waals surface area contributed by atoms with E-state index in [0.717, 1.165) is 16.5 Å². The molecule has 21 heavy (non-hydrogen) atoms. The Morgan fingerprint density at radius 3 is 2.48 bits per heavy atom. The maximum atomic E-state index is 6.35. The van der Waals surface area contributed by atoms with Gasteiger partial charge in [0.15, 0.2) is 5.82 Å². The van der Waals surface area contributed by atoms with Crippen LogP contribution >= 0.6 is 23.2 Å². The number of halogens is 2. The molecule has 0 unspecified atom stereocenters. The van der Waals surface area contributed by atoms with Crippen LogP contribution in [0.4, 0.5) is 0 Å². The van der Waals surface area contributed by atoms with E-state index in [1.165, 1.54) is 0 Å². The van der Waals surface area contributed by atoms with Gasteiger partial charge in [-0.05, 0) is 30.7 Å². The van der Waals surface area contributed by atoms with Gasteiger partial charge in [-0.3, -0.25) is 0 Å². The number of rotatable bonds is 2. The van der Waals surface area contributed by atoms with Crippen molar-refractivity contribution in [3.63, 3.8) is 0 Å². The quantitative estimate of drug-likeness (QED) is 0.629. The molecule has 0 saturated heterocycles. The Kier molecular flexibility index (Phi) is 3.70. The van der Waals surface area contributed by atoms with Crippen LogP contribution in [-0.2, 0) is 0 Å². The average Bonchev–Trinajstić information content (AvgIpc) is 2.47. The van der Waals surface area contributed by atoms with Gasteiger partial charge in [0, 0.05) is 10.9 Å². The van der Waals surface area contributed by atoms with E-state index in [9.17, 15) is 0 Å². The molecule has 2 aromatic carbocycles. The molecule has 0 aliphatic rings. The summed E-state index contributed by atoms with van der Waals surface area (Å²) in [5, 5.41) is 1.78. The summed E-state index contributed by atoms with van der Waals surface area (Å²) >= 11 is 12.6. The van der Waals surface area contributed by atoms with Gasteiger partial charge in [-0.1, -0.05) is 41.4 Å². The van der Waals surface area contributed by atoms with Gasteiger partial charge in [0.25, 0.3) is 0 Å². The second-order valence-electron chi connectivity index (χ2n) is 4.63. The Morgan fingerprint density at radius 1 is 1.00 bits per heavy atom. The van der Waals surface area contributed by atoms with E-state index in [1.807, 2.05) is 37.3 Å². The molecule has 3 aromatic rings. The monoisotopic (exact) mass is 318 g/mol. The largest absolute Gasteiger partial charge is 0.494 e. The van der Waals surface area contributed by atoms with Crippen LogP contribution in [0.3, 0.4) is 0 Å². The zero-order valence-electron chi connectivity index (χ0n) is 11.5. The Morgan fingerprint density at radius 2 is 1.76 bits per heavy atom.